The molecule has 3 nitrogen and oxygen atoms in total. The van der Waals surface area contributed by atoms with Gasteiger partial charge in [-0.25, -0.2) is 0 Å². The Kier molecular flexibility index (Phi) is 4.26. The predicted molar refractivity (Wildman–Crippen MR) is 33.0 cm³/mol. The SMILES string of the molecule is CC(=O)C(O)CCCO. The van der Waals surface area contributed by atoms with Gasteiger partial charge in [-0.15, -0.1) is 0 Å². The van der Waals surface area contributed by atoms with Gasteiger partial charge in [0.15, 0.2) is 5.78 Å². The van der Waals surface area contributed by atoms with Gasteiger partial charge in [0.2, 0.25) is 0 Å². The molecular weight excluding hydrogens is 120 g/mol. The third-order valence-corrected chi connectivity index (χ3v) is 1.10. The summed E-state index contributed by atoms with van der Waals surface area (Å²) in [6, 6.07) is 0. The Morgan fingerprint density at radius 3 is 2.56 bits per heavy atom. The van der Waals surface area contributed by atoms with Crippen molar-refractivity contribution in [2.24, 2.45) is 0 Å². The summed E-state index contributed by atoms with van der Waals surface area (Å²) in [7, 11) is 0. The zero-order valence-corrected chi connectivity index (χ0v) is 5.50. The number of aliphatic hydroxyl groups is 2. The molecule has 0 aromatic rings. The summed E-state index contributed by atoms with van der Waals surface area (Å²) < 4.78 is 0. The number of hydrogen-bond donors (Lipinski definition) is 2. The molecule has 0 radical (unpaired) electrons. The van der Waals surface area contributed by atoms with Crippen molar-refractivity contribution in [3.63, 3.8) is 0 Å². The number of carbonyl (C=O) groups is 1. The van der Waals surface area contributed by atoms with Crippen molar-refractivity contribution in [3.8, 4) is 0 Å². The second-order valence-electron chi connectivity index (χ2n) is 1.99. The molecule has 0 aliphatic rings. The number of Topliss-reactive ketones (excluding diaryl/α,β-unsaturated/α-hetero) is 1. The Hall–Kier alpha value is -0.410. The molecule has 3 heteroatoms. The molecule has 0 fully saturated rings. The van der Waals surface area contributed by atoms with E-state index in [1.807, 2.05) is 0 Å². The fourth-order valence-electron chi connectivity index (χ4n) is 0.488. The van der Waals surface area contributed by atoms with Crippen LogP contribution in [0.2, 0.25) is 0 Å². The predicted octanol–water partition coefficient (Wildman–Crippen LogP) is -0.291. The van der Waals surface area contributed by atoms with E-state index < -0.39 is 6.10 Å². The Morgan fingerprint density at radius 2 is 2.22 bits per heavy atom. The molecule has 1 atom stereocenters. The summed E-state index contributed by atoms with van der Waals surface area (Å²) in [6.45, 7) is 1.37. The van der Waals surface area contributed by atoms with Crippen molar-refractivity contribution in [2.45, 2.75) is 25.9 Å². The van der Waals surface area contributed by atoms with Crippen LogP contribution in [-0.4, -0.2) is 28.7 Å². The average molecular weight is 132 g/mol. The van der Waals surface area contributed by atoms with E-state index >= 15 is 0 Å². The van der Waals surface area contributed by atoms with Gasteiger partial charge in [0.1, 0.15) is 6.10 Å². The lowest BCUT2D eigenvalue weighted by Gasteiger charge is -2.02. The van der Waals surface area contributed by atoms with Crippen LogP contribution in [0.3, 0.4) is 0 Å². The number of rotatable bonds is 4. The molecule has 0 saturated heterocycles. The highest BCUT2D eigenvalue weighted by atomic mass is 16.3. The van der Waals surface area contributed by atoms with Crippen molar-refractivity contribution >= 4 is 5.78 Å². The monoisotopic (exact) mass is 132 g/mol. The molecular formula is C6H12O3. The smallest absolute Gasteiger partial charge is 0.158 e. The van der Waals surface area contributed by atoms with Crippen LogP contribution >= 0.6 is 0 Å². The van der Waals surface area contributed by atoms with Crippen LogP contribution in [-0.2, 0) is 4.79 Å². The highest BCUT2D eigenvalue weighted by Crippen LogP contribution is 1.95. The molecule has 0 aliphatic heterocycles. The summed E-state index contributed by atoms with van der Waals surface area (Å²) >= 11 is 0. The largest absolute Gasteiger partial charge is 0.396 e. The number of hydrogen-bond acceptors (Lipinski definition) is 3. The third kappa shape index (κ3) is 4.12. The molecule has 0 aromatic heterocycles. The molecule has 0 aliphatic carbocycles. The molecule has 0 spiro atoms. The number of aliphatic hydroxyl groups excluding tert-OH is 2. The van der Waals surface area contributed by atoms with Gasteiger partial charge in [0.25, 0.3) is 0 Å². The molecule has 2 N–H and O–H groups in total. The lowest BCUT2D eigenvalue weighted by molar-refractivity contribution is -0.125. The number of ketones is 1. The Morgan fingerprint density at radius 1 is 1.67 bits per heavy atom. The van der Waals surface area contributed by atoms with E-state index in [1.54, 1.807) is 0 Å². The Bertz CT molecular complexity index is 90.3. The lowest BCUT2D eigenvalue weighted by atomic mass is 10.1. The fraction of sp³-hybridized carbons (Fsp3) is 0.833. The minimum absolute atomic E-state index is 0.0321. The van der Waals surface area contributed by atoms with Crippen molar-refractivity contribution < 1.29 is 15.0 Å². The minimum Gasteiger partial charge on any atom is -0.396 e. The van der Waals surface area contributed by atoms with Crippen molar-refractivity contribution in [3.05, 3.63) is 0 Å². The van der Waals surface area contributed by atoms with Gasteiger partial charge >= 0.3 is 0 Å². The van der Waals surface area contributed by atoms with Gasteiger partial charge < -0.3 is 10.2 Å². The normalized spacial score (nSPS) is 13.2. The molecule has 0 heterocycles. The van der Waals surface area contributed by atoms with Gasteiger partial charge in [-0.3, -0.25) is 4.79 Å². The van der Waals surface area contributed by atoms with E-state index in [1.165, 1.54) is 6.92 Å². The Labute approximate surface area is 54.3 Å². The van der Waals surface area contributed by atoms with E-state index in [0.29, 0.717) is 12.8 Å². The summed E-state index contributed by atoms with van der Waals surface area (Å²) in [4.78, 5) is 10.3. The van der Waals surface area contributed by atoms with E-state index in [-0.39, 0.29) is 12.4 Å². The lowest BCUT2D eigenvalue weighted by Crippen LogP contribution is -2.16. The van der Waals surface area contributed by atoms with E-state index in [9.17, 15) is 4.79 Å². The standard InChI is InChI=1S/C6H12O3/c1-5(8)6(9)3-2-4-7/h6-7,9H,2-4H2,1H3. The van der Waals surface area contributed by atoms with Gasteiger partial charge in [0.05, 0.1) is 0 Å². The first-order valence-electron chi connectivity index (χ1n) is 2.98. The second-order valence-corrected chi connectivity index (χ2v) is 1.99. The topological polar surface area (TPSA) is 57.5 Å². The van der Waals surface area contributed by atoms with Gasteiger partial charge in [-0.2, -0.15) is 0 Å². The highest BCUT2D eigenvalue weighted by Gasteiger charge is 2.07. The van der Waals surface area contributed by atoms with Crippen molar-refractivity contribution in [1.82, 2.24) is 0 Å². The van der Waals surface area contributed by atoms with Crippen molar-refractivity contribution in [1.29, 1.82) is 0 Å². The number of carbonyl (C=O) groups excluding carboxylic acids is 1. The molecule has 0 bridgehead atoms. The summed E-state index contributed by atoms with van der Waals surface area (Å²) in [5.74, 6) is -0.233. The van der Waals surface area contributed by atoms with Crippen LogP contribution in [0.25, 0.3) is 0 Å². The maximum Gasteiger partial charge on any atom is 0.158 e. The zero-order valence-electron chi connectivity index (χ0n) is 5.50. The van der Waals surface area contributed by atoms with Gasteiger partial charge in [0, 0.05) is 6.61 Å². The van der Waals surface area contributed by atoms with Crippen LogP contribution < -0.4 is 0 Å². The molecule has 54 valence electrons. The molecule has 9 heavy (non-hydrogen) atoms. The average Bonchev–Trinajstić information content (AvgIpc) is 1.82. The maximum atomic E-state index is 10.3. The quantitative estimate of drug-likeness (QED) is 0.552. The maximum absolute atomic E-state index is 10.3. The molecule has 0 amide bonds. The Balaban J connectivity index is 3.27. The molecule has 0 saturated carbocycles. The molecule has 0 rings (SSSR count). The summed E-state index contributed by atoms with van der Waals surface area (Å²) in [6.07, 6.45) is -0.0239. The fourth-order valence-corrected chi connectivity index (χ4v) is 0.488. The first-order valence-corrected chi connectivity index (χ1v) is 2.98. The summed E-state index contributed by atoms with van der Waals surface area (Å²) in [5.41, 5.74) is 0. The van der Waals surface area contributed by atoms with Gasteiger partial charge in [-0.05, 0) is 19.8 Å². The van der Waals surface area contributed by atoms with E-state index in [2.05, 4.69) is 0 Å². The van der Waals surface area contributed by atoms with Crippen LogP contribution in [0.5, 0.6) is 0 Å². The first-order chi connectivity index (χ1) is 4.18. The summed E-state index contributed by atoms with van der Waals surface area (Å²) in [5, 5.41) is 17.1. The highest BCUT2D eigenvalue weighted by molar-refractivity contribution is 5.79. The van der Waals surface area contributed by atoms with E-state index in [0.717, 1.165) is 0 Å². The van der Waals surface area contributed by atoms with E-state index in [4.69, 9.17) is 10.2 Å². The van der Waals surface area contributed by atoms with Crippen LogP contribution in [0.1, 0.15) is 19.8 Å². The van der Waals surface area contributed by atoms with Crippen LogP contribution in [0, 0.1) is 0 Å². The minimum atomic E-state index is -0.878. The van der Waals surface area contributed by atoms with Gasteiger partial charge in [-0.1, -0.05) is 0 Å². The first kappa shape index (κ1) is 8.59. The van der Waals surface area contributed by atoms with Crippen LogP contribution in [0.15, 0.2) is 0 Å². The van der Waals surface area contributed by atoms with Crippen molar-refractivity contribution in [2.75, 3.05) is 6.61 Å². The van der Waals surface area contributed by atoms with Crippen LogP contribution in [0.4, 0.5) is 0 Å². The molecule has 1 unspecified atom stereocenters. The molecule has 0 aromatic carbocycles. The third-order valence-electron chi connectivity index (χ3n) is 1.10. The second kappa shape index (κ2) is 4.47. The zero-order chi connectivity index (χ0) is 7.28.